The number of fused-ring (bicyclic) bond motifs is 1. The fourth-order valence-corrected chi connectivity index (χ4v) is 5.45. The predicted octanol–water partition coefficient (Wildman–Crippen LogP) is 1.86. The van der Waals surface area contributed by atoms with Crippen molar-refractivity contribution < 1.29 is 14.4 Å². The third-order valence-electron chi connectivity index (χ3n) is 5.28. The first kappa shape index (κ1) is 19.9. The first-order valence-corrected chi connectivity index (χ1v) is 11.4. The van der Waals surface area contributed by atoms with E-state index < -0.39 is 23.4 Å². The quantitative estimate of drug-likeness (QED) is 0.421. The molecule has 2 fully saturated rings. The Kier molecular flexibility index (Phi) is 5.34. The van der Waals surface area contributed by atoms with E-state index in [9.17, 15) is 19.2 Å². The minimum atomic E-state index is -0.885. The number of hydrazine groups is 1. The van der Waals surface area contributed by atoms with Crippen LogP contribution in [0.4, 0.5) is 4.79 Å². The molecular formula is C18H21N5O4S2. The van der Waals surface area contributed by atoms with E-state index in [0.29, 0.717) is 34.8 Å². The number of amides is 4. The van der Waals surface area contributed by atoms with Crippen LogP contribution in [0, 0.1) is 0 Å². The Morgan fingerprint density at radius 1 is 1.31 bits per heavy atom. The largest absolute Gasteiger partial charge is 0.344 e. The molecule has 4 rings (SSSR count). The van der Waals surface area contributed by atoms with E-state index in [0.717, 1.165) is 36.0 Å². The lowest BCUT2D eigenvalue weighted by molar-refractivity contribution is -0.139. The highest BCUT2D eigenvalue weighted by Gasteiger charge is 2.52. The van der Waals surface area contributed by atoms with E-state index in [1.54, 1.807) is 11.4 Å². The van der Waals surface area contributed by atoms with Crippen molar-refractivity contribution in [2.75, 3.05) is 5.75 Å². The van der Waals surface area contributed by atoms with Gasteiger partial charge in [-0.15, -0.1) is 11.3 Å². The summed E-state index contributed by atoms with van der Waals surface area (Å²) in [5.41, 5.74) is 1.98. The molecule has 29 heavy (non-hydrogen) atoms. The molecule has 11 heteroatoms. The Hall–Kier alpha value is -2.40. The van der Waals surface area contributed by atoms with Gasteiger partial charge in [0.05, 0.1) is 11.3 Å². The second-order valence-electron chi connectivity index (χ2n) is 7.12. The summed E-state index contributed by atoms with van der Waals surface area (Å²) in [5, 5.41) is 5.77. The Morgan fingerprint density at radius 2 is 2.07 bits per heavy atom. The van der Waals surface area contributed by atoms with Gasteiger partial charge in [-0.25, -0.2) is 9.78 Å². The summed E-state index contributed by atoms with van der Waals surface area (Å²) in [5.74, 6) is -0.982. The maximum atomic E-state index is 12.7. The molecule has 0 unspecified atom stereocenters. The second kappa shape index (κ2) is 7.79. The van der Waals surface area contributed by atoms with E-state index in [2.05, 4.69) is 15.7 Å². The topological polar surface area (TPSA) is 113 Å². The van der Waals surface area contributed by atoms with Crippen LogP contribution in [0.25, 0.3) is 10.2 Å². The molecule has 0 aromatic carbocycles. The molecule has 4 amide bonds. The Balaban J connectivity index is 1.44. The molecule has 0 bridgehead atoms. The third kappa shape index (κ3) is 3.52. The SMILES string of the molecule is CCn1c(SCC(=O)NN2C(=O)NC3(CCCCC3)C2=O)nc2ccsc2c1=O. The highest BCUT2D eigenvalue weighted by Crippen LogP contribution is 2.33. The lowest BCUT2D eigenvalue weighted by Gasteiger charge is -2.30. The first-order valence-electron chi connectivity index (χ1n) is 9.52. The maximum absolute atomic E-state index is 12.7. The molecular weight excluding hydrogens is 414 g/mol. The number of carbonyl (C=O) groups is 3. The van der Waals surface area contributed by atoms with Gasteiger partial charge >= 0.3 is 6.03 Å². The number of thiophene rings is 1. The van der Waals surface area contributed by atoms with Gasteiger partial charge in [0.25, 0.3) is 11.5 Å². The summed E-state index contributed by atoms with van der Waals surface area (Å²) in [6, 6.07) is 1.17. The fraction of sp³-hybridized carbons (Fsp3) is 0.500. The van der Waals surface area contributed by atoms with Crippen molar-refractivity contribution in [2.24, 2.45) is 0 Å². The van der Waals surface area contributed by atoms with Crippen LogP contribution in [0.3, 0.4) is 0 Å². The number of aromatic nitrogens is 2. The van der Waals surface area contributed by atoms with Gasteiger partial charge in [0.2, 0.25) is 5.91 Å². The van der Waals surface area contributed by atoms with Crippen LogP contribution in [-0.2, 0) is 16.1 Å². The average molecular weight is 436 g/mol. The van der Waals surface area contributed by atoms with Gasteiger partial charge in [0.1, 0.15) is 10.2 Å². The minimum Gasteiger partial charge on any atom is -0.322 e. The molecule has 0 atom stereocenters. The smallest absolute Gasteiger partial charge is 0.322 e. The standard InChI is InChI=1S/C18H21N5O4S2/c1-2-22-14(25)13-11(6-9-28-13)19-17(22)29-10-12(24)21-23-15(26)18(20-16(23)27)7-4-3-5-8-18/h6,9H,2-5,7-8,10H2,1H3,(H,20,27)(H,21,24). The van der Waals surface area contributed by atoms with Crippen LogP contribution in [0.5, 0.6) is 0 Å². The average Bonchev–Trinajstić information content (AvgIpc) is 3.26. The van der Waals surface area contributed by atoms with Crippen molar-refractivity contribution in [3.8, 4) is 0 Å². The summed E-state index contributed by atoms with van der Waals surface area (Å²) in [6.07, 6.45) is 3.95. The Labute approximate surface area is 174 Å². The zero-order valence-corrected chi connectivity index (χ0v) is 17.5. The normalized spacial score (nSPS) is 18.4. The molecule has 1 spiro atoms. The summed E-state index contributed by atoms with van der Waals surface area (Å²) < 4.78 is 2.10. The number of hydrogen-bond acceptors (Lipinski definition) is 7. The highest BCUT2D eigenvalue weighted by molar-refractivity contribution is 7.99. The van der Waals surface area contributed by atoms with Gasteiger partial charge in [-0.3, -0.25) is 24.4 Å². The molecule has 9 nitrogen and oxygen atoms in total. The highest BCUT2D eigenvalue weighted by atomic mass is 32.2. The van der Waals surface area contributed by atoms with Crippen LogP contribution in [-0.4, -0.2) is 43.7 Å². The summed E-state index contributed by atoms with van der Waals surface area (Å²) in [6.45, 7) is 2.27. The van der Waals surface area contributed by atoms with Crippen LogP contribution >= 0.6 is 23.1 Å². The van der Waals surface area contributed by atoms with E-state index in [4.69, 9.17) is 0 Å². The molecule has 3 heterocycles. The van der Waals surface area contributed by atoms with Gasteiger partial charge < -0.3 is 5.32 Å². The van der Waals surface area contributed by atoms with Gasteiger partial charge in [-0.2, -0.15) is 5.01 Å². The summed E-state index contributed by atoms with van der Waals surface area (Å²) >= 11 is 2.44. The van der Waals surface area contributed by atoms with Crippen molar-refractivity contribution >= 4 is 51.2 Å². The van der Waals surface area contributed by atoms with Crippen LogP contribution in [0.15, 0.2) is 21.4 Å². The summed E-state index contributed by atoms with van der Waals surface area (Å²) in [7, 11) is 0. The zero-order chi connectivity index (χ0) is 20.6. The zero-order valence-electron chi connectivity index (χ0n) is 15.9. The first-order chi connectivity index (χ1) is 13.9. The van der Waals surface area contributed by atoms with E-state index in [1.165, 1.54) is 15.9 Å². The van der Waals surface area contributed by atoms with E-state index in [1.807, 2.05) is 6.92 Å². The third-order valence-corrected chi connectivity index (χ3v) is 7.15. The van der Waals surface area contributed by atoms with Crippen LogP contribution in [0.2, 0.25) is 0 Å². The minimum absolute atomic E-state index is 0.0772. The summed E-state index contributed by atoms with van der Waals surface area (Å²) in [4.78, 5) is 54.4. The molecule has 2 aliphatic rings. The maximum Gasteiger partial charge on any atom is 0.344 e. The molecule has 1 aliphatic carbocycles. The molecule has 2 N–H and O–H groups in total. The molecule has 154 valence electrons. The van der Waals surface area contributed by atoms with Crippen molar-refractivity contribution in [3.05, 3.63) is 21.8 Å². The molecule has 1 saturated heterocycles. The Morgan fingerprint density at radius 3 is 2.79 bits per heavy atom. The number of imide groups is 1. The van der Waals surface area contributed by atoms with Crippen molar-refractivity contribution in [3.63, 3.8) is 0 Å². The van der Waals surface area contributed by atoms with Crippen LogP contribution in [0.1, 0.15) is 39.0 Å². The molecule has 2 aromatic heterocycles. The fourth-order valence-electron chi connectivity index (χ4n) is 3.82. The number of hydrogen-bond donors (Lipinski definition) is 2. The molecule has 1 saturated carbocycles. The monoisotopic (exact) mass is 435 g/mol. The van der Waals surface area contributed by atoms with E-state index >= 15 is 0 Å². The number of nitrogens with zero attached hydrogens (tertiary/aromatic N) is 3. The number of urea groups is 1. The lowest BCUT2D eigenvalue weighted by atomic mass is 9.82. The van der Waals surface area contributed by atoms with Gasteiger partial charge in [-0.1, -0.05) is 31.0 Å². The number of thioether (sulfide) groups is 1. The van der Waals surface area contributed by atoms with E-state index in [-0.39, 0.29) is 11.3 Å². The van der Waals surface area contributed by atoms with Gasteiger partial charge in [0, 0.05) is 6.54 Å². The molecule has 1 aliphatic heterocycles. The number of carbonyl (C=O) groups excluding carboxylic acids is 3. The van der Waals surface area contributed by atoms with Crippen molar-refractivity contribution in [1.82, 2.24) is 25.3 Å². The lowest BCUT2D eigenvalue weighted by Crippen LogP contribution is -2.51. The number of nitrogens with one attached hydrogen (secondary N) is 2. The van der Waals surface area contributed by atoms with Crippen molar-refractivity contribution in [1.29, 1.82) is 0 Å². The van der Waals surface area contributed by atoms with Crippen LogP contribution < -0.4 is 16.3 Å². The second-order valence-corrected chi connectivity index (χ2v) is 8.97. The van der Waals surface area contributed by atoms with Crippen molar-refractivity contribution in [2.45, 2.75) is 56.3 Å². The van der Waals surface area contributed by atoms with Gasteiger partial charge in [0.15, 0.2) is 5.16 Å². The molecule has 2 aromatic rings. The molecule has 0 radical (unpaired) electrons. The Bertz CT molecular complexity index is 1040. The number of rotatable bonds is 5. The predicted molar refractivity (Wildman–Crippen MR) is 110 cm³/mol. The van der Waals surface area contributed by atoms with Gasteiger partial charge in [-0.05, 0) is 31.2 Å².